The van der Waals surface area contributed by atoms with E-state index in [1.54, 1.807) is 0 Å². The second kappa shape index (κ2) is 3.97. The first-order valence-electron chi connectivity index (χ1n) is 7.14. The van der Waals surface area contributed by atoms with E-state index in [1.165, 1.54) is 25.7 Å². The molecule has 0 spiro atoms. The van der Waals surface area contributed by atoms with Crippen LogP contribution in [0.5, 0.6) is 0 Å². The molecule has 3 N–H and O–H groups in total. The highest BCUT2D eigenvalue weighted by Gasteiger charge is 2.54. The number of hydrogen-bond acceptors (Lipinski definition) is 2. The second-order valence-electron chi connectivity index (χ2n) is 6.02. The molecule has 1 aromatic heterocycles. The van der Waals surface area contributed by atoms with Crippen molar-refractivity contribution in [2.45, 2.75) is 31.8 Å². The maximum absolute atomic E-state index is 11.2. The molecule has 3 unspecified atom stereocenters. The van der Waals surface area contributed by atoms with Gasteiger partial charge in [0.2, 0.25) is 0 Å². The van der Waals surface area contributed by atoms with E-state index >= 15 is 0 Å². The zero-order chi connectivity index (χ0) is 13.0. The van der Waals surface area contributed by atoms with Gasteiger partial charge in [-0.05, 0) is 48.3 Å². The third kappa shape index (κ3) is 1.74. The average molecular weight is 258 g/mol. The molecule has 2 aliphatic rings. The Bertz CT molecular complexity index is 660. The van der Waals surface area contributed by atoms with E-state index in [9.17, 15) is 9.90 Å². The molecule has 19 heavy (non-hydrogen) atoms. The van der Waals surface area contributed by atoms with E-state index in [1.807, 2.05) is 18.2 Å². The van der Waals surface area contributed by atoms with Gasteiger partial charge in [0, 0.05) is 0 Å². The summed E-state index contributed by atoms with van der Waals surface area (Å²) in [4.78, 5) is 16.7. The number of aliphatic hydroxyl groups excluding tert-OH is 1. The van der Waals surface area contributed by atoms with E-state index < -0.39 is 0 Å². The summed E-state index contributed by atoms with van der Waals surface area (Å²) in [6.07, 6.45) is 4.80. The molecule has 0 bridgehead atoms. The molecule has 0 saturated heterocycles. The van der Waals surface area contributed by atoms with Gasteiger partial charge >= 0.3 is 5.69 Å². The topological polar surface area (TPSA) is 68.9 Å². The monoisotopic (exact) mass is 258 g/mol. The van der Waals surface area contributed by atoms with Gasteiger partial charge < -0.3 is 15.1 Å². The van der Waals surface area contributed by atoms with E-state index in [4.69, 9.17) is 0 Å². The summed E-state index contributed by atoms with van der Waals surface area (Å²) in [5.41, 5.74) is 2.32. The molecule has 100 valence electrons. The smallest absolute Gasteiger partial charge is 0.323 e. The van der Waals surface area contributed by atoms with Crippen molar-refractivity contribution in [1.82, 2.24) is 9.97 Å². The van der Waals surface area contributed by atoms with Crippen LogP contribution in [0, 0.1) is 17.8 Å². The lowest BCUT2D eigenvalue weighted by Gasteiger charge is -2.10. The Kier molecular flexibility index (Phi) is 2.36. The third-order valence-electron chi connectivity index (χ3n) is 4.97. The van der Waals surface area contributed by atoms with Gasteiger partial charge in [-0.25, -0.2) is 4.79 Å². The Balaban J connectivity index is 1.64. The van der Waals surface area contributed by atoms with Crippen molar-refractivity contribution in [3.8, 4) is 0 Å². The number of benzene rings is 1. The van der Waals surface area contributed by atoms with Gasteiger partial charge in [-0.15, -0.1) is 0 Å². The Hall–Kier alpha value is -1.55. The first kappa shape index (κ1) is 11.3. The third-order valence-corrected chi connectivity index (χ3v) is 4.97. The number of hydrogen-bond donors (Lipinski definition) is 3. The van der Waals surface area contributed by atoms with Gasteiger partial charge in [-0.1, -0.05) is 18.9 Å². The van der Waals surface area contributed by atoms with Crippen molar-refractivity contribution in [3.05, 3.63) is 34.2 Å². The van der Waals surface area contributed by atoms with Crippen LogP contribution in [0.3, 0.4) is 0 Å². The largest absolute Gasteiger partial charge is 0.388 e. The first-order valence-corrected chi connectivity index (χ1v) is 7.14. The van der Waals surface area contributed by atoms with E-state index in [0.717, 1.165) is 28.4 Å². The summed E-state index contributed by atoms with van der Waals surface area (Å²) in [6.45, 7) is 0. The minimum Gasteiger partial charge on any atom is -0.388 e. The number of H-pyrrole nitrogens is 2. The minimum atomic E-state index is -0.379. The molecule has 2 saturated carbocycles. The van der Waals surface area contributed by atoms with Crippen LogP contribution >= 0.6 is 0 Å². The van der Waals surface area contributed by atoms with Crippen molar-refractivity contribution in [2.75, 3.05) is 0 Å². The molecule has 4 heteroatoms. The van der Waals surface area contributed by atoms with Crippen LogP contribution in [0.15, 0.2) is 23.0 Å². The first-order chi connectivity index (χ1) is 9.24. The lowest BCUT2D eigenvalue weighted by molar-refractivity contribution is 0.142. The van der Waals surface area contributed by atoms with E-state index in [2.05, 4.69) is 9.97 Å². The van der Waals surface area contributed by atoms with Crippen LogP contribution < -0.4 is 5.69 Å². The second-order valence-corrected chi connectivity index (χ2v) is 6.02. The maximum atomic E-state index is 11.2. The Morgan fingerprint density at radius 3 is 2.53 bits per heavy atom. The summed E-state index contributed by atoms with van der Waals surface area (Å²) < 4.78 is 0. The molecule has 2 aliphatic carbocycles. The lowest BCUT2D eigenvalue weighted by Crippen LogP contribution is -2.02. The number of fused-ring (bicyclic) bond motifs is 2. The maximum Gasteiger partial charge on any atom is 0.323 e. The summed E-state index contributed by atoms with van der Waals surface area (Å²) >= 11 is 0. The number of aromatic amines is 2. The quantitative estimate of drug-likeness (QED) is 0.773. The summed E-state index contributed by atoms with van der Waals surface area (Å²) in [5, 5.41) is 10.6. The summed E-state index contributed by atoms with van der Waals surface area (Å²) in [6, 6.07) is 5.71. The fourth-order valence-corrected chi connectivity index (χ4v) is 3.97. The van der Waals surface area contributed by atoms with Gasteiger partial charge in [-0.2, -0.15) is 0 Å². The van der Waals surface area contributed by atoms with Crippen LogP contribution in [-0.4, -0.2) is 15.1 Å². The Labute approximate surface area is 110 Å². The van der Waals surface area contributed by atoms with Gasteiger partial charge in [0.05, 0.1) is 17.1 Å². The normalized spacial score (nSPS) is 31.1. The fraction of sp³-hybridized carbons (Fsp3) is 0.533. The zero-order valence-electron chi connectivity index (χ0n) is 10.7. The molecular weight excluding hydrogens is 240 g/mol. The highest BCUT2D eigenvalue weighted by Crippen LogP contribution is 2.60. The van der Waals surface area contributed by atoms with Crippen molar-refractivity contribution in [1.29, 1.82) is 0 Å². The molecular formula is C15H18N2O2. The van der Waals surface area contributed by atoms with Gasteiger partial charge in [0.25, 0.3) is 0 Å². The highest BCUT2D eigenvalue weighted by atomic mass is 16.3. The van der Waals surface area contributed by atoms with Crippen LogP contribution in [0.2, 0.25) is 0 Å². The summed E-state index contributed by atoms with van der Waals surface area (Å²) in [7, 11) is 0. The number of rotatable bonds is 2. The molecule has 0 amide bonds. The van der Waals surface area contributed by atoms with Crippen LogP contribution in [0.1, 0.15) is 37.4 Å². The fourth-order valence-electron chi connectivity index (χ4n) is 3.97. The van der Waals surface area contributed by atoms with Crippen molar-refractivity contribution in [3.63, 3.8) is 0 Å². The predicted octanol–water partition coefficient (Wildman–Crippen LogP) is 2.33. The molecule has 2 aromatic rings. The van der Waals surface area contributed by atoms with Crippen molar-refractivity contribution < 1.29 is 5.11 Å². The zero-order valence-corrected chi connectivity index (χ0v) is 10.7. The molecule has 3 atom stereocenters. The van der Waals surface area contributed by atoms with Gasteiger partial charge in [0.15, 0.2) is 0 Å². The minimum absolute atomic E-state index is 0.193. The molecule has 1 aromatic carbocycles. The van der Waals surface area contributed by atoms with Crippen molar-refractivity contribution in [2.24, 2.45) is 17.8 Å². The predicted molar refractivity (Wildman–Crippen MR) is 72.8 cm³/mol. The van der Waals surface area contributed by atoms with E-state index in [-0.39, 0.29) is 11.8 Å². The number of aromatic nitrogens is 2. The summed E-state index contributed by atoms with van der Waals surface area (Å²) in [5.74, 6) is 1.89. The standard InChI is InChI=1S/C15H18N2O2/c18-14(13-9-3-1-2-4-10(9)13)8-5-6-11-12(7-8)17-15(19)16-11/h5-7,9-10,13-14,18H,1-4H2,(H2,16,17,19). The van der Waals surface area contributed by atoms with Crippen LogP contribution in [0.25, 0.3) is 11.0 Å². The molecule has 0 aliphatic heterocycles. The Morgan fingerprint density at radius 1 is 1.11 bits per heavy atom. The number of imidazole rings is 1. The molecule has 2 fully saturated rings. The van der Waals surface area contributed by atoms with Crippen LogP contribution in [0.4, 0.5) is 0 Å². The molecule has 0 radical (unpaired) electrons. The number of nitrogens with one attached hydrogen (secondary N) is 2. The number of aliphatic hydroxyl groups is 1. The highest BCUT2D eigenvalue weighted by molar-refractivity contribution is 5.75. The van der Waals surface area contributed by atoms with Gasteiger partial charge in [0.1, 0.15) is 0 Å². The van der Waals surface area contributed by atoms with Crippen molar-refractivity contribution >= 4 is 11.0 Å². The van der Waals surface area contributed by atoms with E-state index in [0.29, 0.717) is 5.92 Å². The molecule has 1 heterocycles. The lowest BCUT2D eigenvalue weighted by atomic mass is 10.0. The molecule has 4 nitrogen and oxygen atoms in total. The Morgan fingerprint density at radius 2 is 1.79 bits per heavy atom. The average Bonchev–Trinajstić information content (AvgIpc) is 3.02. The van der Waals surface area contributed by atoms with Crippen LogP contribution in [-0.2, 0) is 0 Å². The SMILES string of the molecule is O=c1[nH]c2ccc(C(O)C3C4CCCCC43)cc2[nH]1. The van der Waals surface area contributed by atoms with Gasteiger partial charge in [-0.3, -0.25) is 0 Å². The molecule has 4 rings (SSSR count).